The summed E-state index contributed by atoms with van der Waals surface area (Å²) in [5.41, 5.74) is 1.51. The highest BCUT2D eigenvalue weighted by Crippen LogP contribution is 2.53. The van der Waals surface area contributed by atoms with Crippen molar-refractivity contribution in [2.75, 3.05) is 0 Å². The van der Waals surface area contributed by atoms with Crippen molar-refractivity contribution < 1.29 is 9.53 Å². The molecule has 2 aromatic rings. The van der Waals surface area contributed by atoms with Gasteiger partial charge in [-0.3, -0.25) is 4.79 Å². The Balaban J connectivity index is 1.64. The Morgan fingerprint density at radius 1 is 1.19 bits per heavy atom. The lowest BCUT2D eigenvalue weighted by Crippen LogP contribution is -2.59. The van der Waals surface area contributed by atoms with Crippen molar-refractivity contribution in [2.45, 2.75) is 51.3 Å². The van der Waals surface area contributed by atoms with Crippen molar-refractivity contribution in [3.63, 3.8) is 0 Å². The van der Waals surface area contributed by atoms with Crippen LogP contribution in [0.3, 0.4) is 0 Å². The Kier molecular flexibility index (Phi) is 3.35. The fraction of sp³-hybridized carbons (Fsp3) is 0.429. The normalized spacial score (nSPS) is 29.2. The summed E-state index contributed by atoms with van der Waals surface area (Å²) in [6.07, 6.45) is 2.68. The lowest BCUT2D eigenvalue weighted by Gasteiger charge is -2.52. The molecule has 134 valence electrons. The molecule has 0 saturated heterocycles. The van der Waals surface area contributed by atoms with Gasteiger partial charge in [0.05, 0.1) is 23.1 Å². The molecule has 1 fully saturated rings. The molecule has 1 aromatic heterocycles. The van der Waals surface area contributed by atoms with Crippen LogP contribution in [0.1, 0.15) is 56.0 Å². The molecule has 3 aliphatic rings. The molecule has 2 unspecified atom stereocenters. The molecule has 0 radical (unpaired) electrons. The first-order chi connectivity index (χ1) is 12.5. The van der Waals surface area contributed by atoms with E-state index in [1.807, 2.05) is 12.1 Å². The third kappa shape index (κ3) is 2.41. The summed E-state index contributed by atoms with van der Waals surface area (Å²) in [7, 11) is 0. The predicted molar refractivity (Wildman–Crippen MR) is 102 cm³/mol. The standard InChI is InChI=1S/C21H22N2O2S/c1-20(2)11-14(24)12-21(13-20)23-17(15-6-3-4-7-18(15)25-21)10-16(22-23)19-8-5-9-26-19/h3-9,17H,10-13H2,1-2H3. The molecule has 26 heavy (non-hydrogen) atoms. The minimum atomic E-state index is -0.670. The van der Waals surface area contributed by atoms with E-state index in [9.17, 15) is 4.79 Å². The molecule has 5 heteroatoms. The van der Waals surface area contributed by atoms with E-state index in [-0.39, 0.29) is 17.2 Å². The van der Waals surface area contributed by atoms with Gasteiger partial charge in [-0.15, -0.1) is 11.3 Å². The van der Waals surface area contributed by atoms with Crippen LogP contribution in [0.5, 0.6) is 5.75 Å². The molecule has 4 nitrogen and oxygen atoms in total. The van der Waals surface area contributed by atoms with Crippen molar-refractivity contribution in [2.24, 2.45) is 10.5 Å². The lowest BCUT2D eigenvalue weighted by atomic mass is 9.71. The van der Waals surface area contributed by atoms with Crippen molar-refractivity contribution in [1.82, 2.24) is 5.01 Å². The summed E-state index contributed by atoms with van der Waals surface area (Å²) in [6.45, 7) is 4.31. The molecule has 3 heterocycles. The number of Topliss-reactive ketones (excluding diaryl/α,β-unsaturated/α-hetero) is 1. The summed E-state index contributed by atoms with van der Waals surface area (Å²) in [6, 6.07) is 12.5. The number of benzene rings is 1. The molecule has 0 N–H and O–H groups in total. The first-order valence-electron chi connectivity index (χ1n) is 9.16. The van der Waals surface area contributed by atoms with E-state index in [0.29, 0.717) is 12.8 Å². The maximum absolute atomic E-state index is 12.6. The number of nitrogens with zero attached hydrogens (tertiary/aromatic N) is 2. The number of hydrazone groups is 1. The molecule has 1 aromatic carbocycles. The fourth-order valence-corrected chi connectivity index (χ4v) is 5.55. The third-order valence-corrected chi connectivity index (χ3v) is 6.53. The van der Waals surface area contributed by atoms with Crippen LogP contribution >= 0.6 is 11.3 Å². The smallest absolute Gasteiger partial charge is 0.205 e. The molecule has 1 saturated carbocycles. The first-order valence-corrected chi connectivity index (χ1v) is 10.0. The number of ether oxygens (including phenoxy) is 1. The Morgan fingerprint density at radius 3 is 2.81 bits per heavy atom. The fourth-order valence-electron chi connectivity index (χ4n) is 4.83. The molecule has 5 rings (SSSR count). The summed E-state index contributed by atoms with van der Waals surface area (Å²) >= 11 is 1.72. The summed E-state index contributed by atoms with van der Waals surface area (Å²) < 4.78 is 6.55. The van der Waals surface area contributed by atoms with Crippen molar-refractivity contribution >= 4 is 22.8 Å². The number of fused-ring (bicyclic) bond motifs is 4. The minimum Gasteiger partial charge on any atom is -0.466 e. The molecular formula is C21H22N2O2S. The lowest BCUT2D eigenvalue weighted by molar-refractivity contribution is -0.171. The molecule has 0 bridgehead atoms. The Bertz CT molecular complexity index is 902. The van der Waals surface area contributed by atoms with E-state index in [0.717, 1.165) is 24.3 Å². The quantitative estimate of drug-likeness (QED) is 0.730. The van der Waals surface area contributed by atoms with Crippen LogP contribution in [0.25, 0.3) is 0 Å². The minimum absolute atomic E-state index is 0.0899. The second kappa shape index (κ2) is 5.43. The highest BCUT2D eigenvalue weighted by molar-refractivity contribution is 7.12. The number of carbonyl (C=O) groups is 1. The van der Waals surface area contributed by atoms with E-state index >= 15 is 0 Å². The maximum atomic E-state index is 12.6. The van der Waals surface area contributed by atoms with E-state index in [1.165, 1.54) is 10.4 Å². The van der Waals surface area contributed by atoms with E-state index in [2.05, 4.69) is 48.5 Å². The van der Waals surface area contributed by atoms with Gasteiger partial charge in [-0.05, 0) is 22.9 Å². The van der Waals surface area contributed by atoms with E-state index < -0.39 is 5.72 Å². The number of para-hydroxylation sites is 1. The predicted octanol–water partition coefficient (Wildman–Crippen LogP) is 4.77. The summed E-state index contributed by atoms with van der Waals surface area (Å²) in [5, 5.41) is 9.21. The molecule has 2 atom stereocenters. The zero-order valence-corrected chi connectivity index (χ0v) is 15.9. The zero-order valence-electron chi connectivity index (χ0n) is 15.1. The summed E-state index contributed by atoms with van der Waals surface area (Å²) in [5.74, 6) is 1.17. The van der Waals surface area contributed by atoms with Crippen LogP contribution in [0.2, 0.25) is 0 Å². The van der Waals surface area contributed by atoms with Gasteiger partial charge >= 0.3 is 0 Å². The Morgan fingerprint density at radius 2 is 2.04 bits per heavy atom. The van der Waals surface area contributed by atoms with Gasteiger partial charge in [0.15, 0.2) is 0 Å². The first kappa shape index (κ1) is 16.1. The van der Waals surface area contributed by atoms with Gasteiger partial charge in [-0.2, -0.15) is 5.10 Å². The maximum Gasteiger partial charge on any atom is 0.205 e. The Labute approximate surface area is 157 Å². The number of carbonyl (C=O) groups excluding carboxylic acids is 1. The second-order valence-electron chi connectivity index (χ2n) is 8.41. The van der Waals surface area contributed by atoms with Gasteiger partial charge in [-0.1, -0.05) is 38.1 Å². The van der Waals surface area contributed by atoms with Gasteiger partial charge in [0.25, 0.3) is 0 Å². The van der Waals surface area contributed by atoms with Crippen LogP contribution in [0.15, 0.2) is 46.9 Å². The van der Waals surface area contributed by atoms with Crippen LogP contribution in [-0.2, 0) is 4.79 Å². The van der Waals surface area contributed by atoms with Gasteiger partial charge in [0.1, 0.15) is 11.5 Å². The topological polar surface area (TPSA) is 41.9 Å². The van der Waals surface area contributed by atoms with Crippen molar-refractivity contribution in [1.29, 1.82) is 0 Å². The third-order valence-electron chi connectivity index (χ3n) is 5.62. The number of hydrogen-bond donors (Lipinski definition) is 0. The SMILES string of the molecule is CC1(C)CC(=O)CC2(C1)Oc1ccccc1C1CC(c3cccs3)=NN12. The van der Waals surface area contributed by atoms with Crippen molar-refractivity contribution in [3.05, 3.63) is 52.2 Å². The molecule has 1 spiro atoms. The Hall–Kier alpha value is -2.14. The van der Waals surface area contributed by atoms with E-state index in [1.54, 1.807) is 11.3 Å². The number of thiophene rings is 1. The highest BCUT2D eigenvalue weighted by Gasteiger charge is 2.56. The highest BCUT2D eigenvalue weighted by atomic mass is 32.1. The number of rotatable bonds is 1. The van der Waals surface area contributed by atoms with Crippen LogP contribution in [0, 0.1) is 5.41 Å². The largest absolute Gasteiger partial charge is 0.466 e. The van der Waals surface area contributed by atoms with Crippen molar-refractivity contribution in [3.8, 4) is 5.75 Å². The van der Waals surface area contributed by atoms with Crippen LogP contribution < -0.4 is 4.74 Å². The van der Waals surface area contributed by atoms with Gasteiger partial charge in [0.2, 0.25) is 5.72 Å². The monoisotopic (exact) mass is 366 g/mol. The van der Waals surface area contributed by atoms with Gasteiger partial charge < -0.3 is 4.74 Å². The van der Waals surface area contributed by atoms with E-state index in [4.69, 9.17) is 9.84 Å². The summed E-state index contributed by atoms with van der Waals surface area (Å²) in [4.78, 5) is 13.8. The number of ketones is 1. The average molecular weight is 366 g/mol. The van der Waals surface area contributed by atoms with Gasteiger partial charge in [0, 0.05) is 24.8 Å². The second-order valence-corrected chi connectivity index (χ2v) is 9.36. The average Bonchev–Trinajstić information content (AvgIpc) is 3.23. The molecule has 2 aliphatic heterocycles. The van der Waals surface area contributed by atoms with Gasteiger partial charge in [-0.25, -0.2) is 5.01 Å². The van der Waals surface area contributed by atoms with Crippen LogP contribution in [0.4, 0.5) is 0 Å². The zero-order chi connectivity index (χ0) is 17.9. The molecule has 0 amide bonds. The molecule has 1 aliphatic carbocycles. The number of hydrogen-bond acceptors (Lipinski definition) is 5. The molecular weight excluding hydrogens is 344 g/mol. The van der Waals surface area contributed by atoms with Crippen LogP contribution in [-0.4, -0.2) is 22.2 Å².